The highest BCUT2D eigenvalue weighted by Crippen LogP contribution is 2.32. The Morgan fingerprint density at radius 3 is 2.43 bits per heavy atom. The van der Waals surface area contributed by atoms with E-state index in [1.807, 2.05) is 44.3 Å². The van der Waals surface area contributed by atoms with Gasteiger partial charge in [0, 0.05) is 24.8 Å². The van der Waals surface area contributed by atoms with Crippen molar-refractivity contribution in [3.05, 3.63) is 42.5 Å². The third-order valence-electron chi connectivity index (χ3n) is 5.15. The number of aromatic nitrogens is 1. The van der Waals surface area contributed by atoms with Crippen molar-refractivity contribution in [3.63, 3.8) is 0 Å². The highest BCUT2D eigenvalue weighted by Gasteiger charge is 2.16. The van der Waals surface area contributed by atoms with Crippen LogP contribution in [-0.4, -0.2) is 68.3 Å². The second-order valence-electron chi connectivity index (χ2n) is 7.91. The Bertz CT molecular complexity index is 1100. The zero-order valence-corrected chi connectivity index (χ0v) is 21.4. The zero-order chi connectivity index (χ0) is 25.0. The van der Waals surface area contributed by atoms with Crippen LogP contribution < -0.4 is 10.1 Å². The molecular formula is C26H33N3O5S. The summed E-state index contributed by atoms with van der Waals surface area (Å²) in [6.45, 7) is 5.42. The molecule has 0 saturated carbocycles. The van der Waals surface area contributed by atoms with Crippen molar-refractivity contribution in [2.75, 3.05) is 51.8 Å². The van der Waals surface area contributed by atoms with Crippen molar-refractivity contribution in [3.8, 4) is 16.3 Å². The van der Waals surface area contributed by atoms with Crippen molar-refractivity contribution >= 4 is 39.2 Å². The average Bonchev–Trinajstić information content (AvgIpc) is 3.29. The van der Waals surface area contributed by atoms with Gasteiger partial charge >= 0.3 is 11.9 Å². The number of hydrogen-bond acceptors (Lipinski definition) is 9. The maximum atomic E-state index is 12.0. The third-order valence-corrected chi connectivity index (χ3v) is 6.21. The molecule has 0 fully saturated rings. The lowest BCUT2D eigenvalue weighted by atomic mass is 10.2. The maximum absolute atomic E-state index is 12.0. The zero-order valence-electron chi connectivity index (χ0n) is 20.5. The Hall–Kier alpha value is -3.17. The minimum Gasteiger partial charge on any atom is -0.493 e. The summed E-state index contributed by atoms with van der Waals surface area (Å²) < 4.78 is 17.2. The lowest BCUT2D eigenvalue weighted by Gasteiger charge is -2.20. The summed E-state index contributed by atoms with van der Waals surface area (Å²) in [5.41, 5.74) is 3.07. The van der Waals surface area contributed by atoms with Gasteiger partial charge in [-0.25, -0.2) is 4.98 Å². The van der Waals surface area contributed by atoms with Gasteiger partial charge in [-0.1, -0.05) is 6.92 Å². The quantitative estimate of drug-likeness (QED) is 0.254. The SMILES string of the molecule is CCCOC(=O)CN(CCCOc1ccc2nc(-c3ccc(NC)cc3)sc2c1)CC(=O)OCC. The average molecular weight is 500 g/mol. The molecule has 8 nitrogen and oxygen atoms in total. The third kappa shape index (κ3) is 8.22. The number of carbonyl (C=O) groups is 2. The summed E-state index contributed by atoms with van der Waals surface area (Å²) in [6, 6.07) is 14.0. The smallest absolute Gasteiger partial charge is 0.320 e. The molecule has 3 rings (SSSR count). The minimum absolute atomic E-state index is 0.0416. The van der Waals surface area contributed by atoms with E-state index < -0.39 is 0 Å². The van der Waals surface area contributed by atoms with Crippen molar-refractivity contribution in [2.24, 2.45) is 0 Å². The van der Waals surface area contributed by atoms with E-state index >= 15 is 0 Å². The molecule has 2 aromatic carbocycles. The van der Waals surface area contributed by atoms with E-state index in [0.717, 1.165) is 38.6 Å². The summed E-state index contributed by atoms with van der Waals surface area (Å²) in [5, 5.41) is 4.08. The predicted octanol–water partition coefficient (Wildman–Crippen LogP) is 4.59. The molecule has 1 heterocycles. The van der Waals surface area contributed by atoms with Crippen LogP contribution in [0.5, 0.6) is 5.75 Å². The summed E-state index contributed by atoms with van der Waals surface area (Å²) in [6.07, 6.45) is 1.40. The first-order valence-electron chi connectivity index (χ1n) is 11.9. The number of nitrogens with zero attached hydrogens (tertiary/aromatic N) is 2. The Morgan fingerprint density at radius 2 is 1.74 bits per heavy atom. The number of ether oxygens (including phenoxy) is 3. The summed E-state index contributed by atoms with van der Waals surface area (Å²) in [7, 11) is 1.90. The van der Waals surface area contributed by atoms with E-state index in [-0.39, 0.29) is 25.0 Å². The van der Waals surface area contributed by atoms with Crippen LogP contribution in [0.3, 0.4) is 0 Å². The molecule has 9 heteroatoms. The van der Waals surface area contributed by atoms with Crippen LogP contribution in [0.15, 0.2) is 42.5 Å². The molecule has 0 aliphatic rings. The van der Waals surface area contributed by atoms with Crippen LogP contribution in [0, 0.1) is 0 Å². The van der Waals surface area contributed by atoms with Crippen LogP contribution in [0.1, 0.15) is 26.7 Å². The predicted molar refractivity (Wildman–Crippen MR) is 139 cm³/mol. The van der Waals surface area contributed by atoms with Gasteiger partial charge in [0.15, 0.2) is 0 Å². The highest BCUT2D eigenvalue weighted by molar-refractivity contribution is 7.21. The lowest BCUT2D eigenvalue weighted by molar-refractivity contribution is -0.148. The van der Waals surface area contributed by atoms with Gasteiger partial charge in [-0.15, -0.1) is 11.3 Å². The van der Waals surface area contributed by atoms with Gasteiger partial charge < -0.3 is 19.5 Å². The van der Waals surface area contributed by atoms with Crippen LogP contribution in [0.25, 0.3) is 20.8 Å². The monoisotopic (exact) mass is 499 g/mol. The van der Waals surface area contributed by atoms with E-state index in [4.69, 9.17) is 19.2 Å². The van der Waals surface area contributed by atoms with Gasteiger partial charge in [0.1, 0.15) is 10.8 Å². The Morgan fingerprint density at radius 1 is 1.00 bits per heavy atom. The number of hydrogen-bond donors (Lipinski definition) is 1. The summed E-state index contributed by atoms with van der Waals surface area (Å²) in [5.74, 6) is 0.0606. The molecule has 0 radical (unpaired) electrons. The second kappa shape index (κ2) is 13.7. The fraction of sp³-hybridized carbons (Fsp3) is 0.423. The Balaban J connectivity index is 1.54. The largest absolute Gasteiger partial charge is 0.493 e. The van der Waals surface area contributed by atoms with Gasteiger partial charge in [-0.3, -0.25) is 14.5 Å². The number of fused-ring (bicyclic) bond motifs is 1. The van der Waals surface area contributed by atoms with Crippen LogP contribution >= 0.6 is 11.3 Å². The first-order chi connectivity index (χ1) is 17.0. The highest BCUT2D eigenvalue weighted by atomic mass is 32.1. The Labute approximate surface area is 210 Å². The van der Waals surface area contributed by atoms with E-state index in [1.165, 1.54) is 0 Å². The molecule has 35 heavy (non-hydrogen) atoms. The summed E-state index contributed by atoms with van der Waals surface area (Å²) in [4.78, 5) is 30.4. The molecule has 1 N–H and O–H groups in total. The fourth-order valence-corrected chi connectivity index (χ4v) is 4.42. The van der Waals surface area contributed by atoms with Gasteiger partial charge in [-0.2, -0.15) is 0 Å². The normalized spacial score (nSPS) is 11.0. The van der Waals surface area contributed by atoms with Crippen LogP contribution in [0.2, 0.25) is 0 Å². The van der Waals surface area contributed by atoms with Crippen molar-refractivity contribution in [2.45, 2.75) is 26.7 Å². The number of benzene rings is 2. The number of esters is 2. The van der Waals surface area contributed by atoms with Crippen molar-refractivity contribution in [1.82, 2.24) is 9.88 Å². The molecule has 188 valence electrons. The molecule has 3 aromatic rings. The van der Waals surface area contributed by atoms with Gasteiger partial charge in [0.2, 0.25) is 0 Å². The molecule has 0 bridgehead atoms. The minimum atomic E-state index is -0.358. The maximum Gasteiger partial charge on any atom is 0.320 e. The van der Waals surface area contributed by atoms with E-state index in [2.05, 4.69) is 17.4 Å². The molecule has 0 amide bonds. The number of carbonyl (C=O) groups excluding carboxylic acids is 2. The molecule has 0 saturated heterocycles. The molecular weight excluding hydrogens is 466 g/mol. The first kappa shape index (κ1) is 26.4. The van der Waals surface area contributed by atoms with Crippen LogP contribution in [-0.2, 0) is 19.1 Å². The molecule has 0 atom stereocenters. The van der Waals surface area contributed by atoms with Crippen molar-refractivity contribution in [1.29, 1.82) is 0 Å². The van der Waals surface area contributed by atoms with Crippen LogP contribution in [0.4, 0.5) is 5.69 Å². The molecule has 0 aliphatic heterocycles. The van der Waals surface area contributed by atoms with Gasteiger partial charge in [0.05, 0.1) is 43.1 Å². The Kier molecular flexibility index (Phi) is 10.3. The summed E-state index contributed by atoms with van der Waals surface area (Å²) >= 11 is 1.62. The molecule has 0 spiro atoms. The van der Waals surface area contributed by atoms with Gasteiger partial charge in [-0.05, 0) is 62.2 Å². The molecule has 0 aliphatic carbocycles. The van der Waals surface area contributed by atoms with Crippen molar-refractivity contribution < 1.29 is 23.8 Å². The van der Waals surface area contributed by atoms with E-state index in [9.17, 15) is 9.59 Å². The number of rotatable bonds is 14. The van der Waals surface area contributed by atoms with E-state index in [0.29, 0.717) is 32.8 Å². The number of thiazole rings is 1. The second-order valence-corrected chi connectivity index (χ2v) is 8.94. The molecule has 1 aromatic heterocycles. The topological polar surface area (TPSA) is 90.0 Å². The molecule has 0 unspecified atom stereocenters. The standard InChI is InChI=1S/C26H33N3O5S/c1-4-14-34-25(31)18-29(17-24(30)32-5-2)13-6-15-33-21-11-12-22-23(16-21)35-26(28-22)19-7-9-20(27-3)10-8-19/h7-12,16,27H,4-6,13-15,17-18H2,1-3H3. The lowest BCUT2D eigenvalue weighted by Crippen LogP contribution is -2.37. The fourth-order valence-electron chi connectivity index (χ4n) is 3.42. The van der Waals surface area contributed by atoms with Gasteiger partial charge in [0.25, 0.3) is 0 Å². The number of nitrogens with one attached hydrogen (secondary N) is 1. The van der Waals surface area contributed by atoms with E-state index in [1.54, 1.807) is 23.2 Å². The number of anilines is 1. The first-order valence-corrected chi connectivity index (χ1v) is 12.7.